The Morgan fingerprint density at radius 2 is 0.898 bits per heavy atom. The summed E-state index contributed by atoms with van der Waals surface area (Å²) in [4.78, 5) is 0. The van der Waals surface area contributed by atoms with E-state index in [1.165, 1.54) is 154 Å². The summed E-state index contributed by atoms with van der Waals surface area (Å²) >= 11 is 0. The second-order valence-corrected chi connectivity index (χ2v) is 15.0. The molecule has 49 heavy (non-hydrogen) atoms. The first-order valence-corrected chi connectivity index (χ1v) is 20.5. The molecule has 0 N–H and O–H groups in total. The zero-order chi connectivity index (χ0) is 35.4. The van der Waals surface area contributed by atoms with Gasteiger partial charge in [0.2, 0.25) is 11.4 Å². The van der Waals surface area contributed by atoms with Crippen LogP contribution in [0.2, 0.25) is 0 Å². The topological polar surface area (TPSA) is 25.3 Å². The second kappa shape index (κ2) is 22.7. The molecule has 0 atom stereocenters. The number of unbranched alkanes of at least 4 members (excludes halogenated alkanes) is 17. The predicted octanol–water partition coefficient (Wildman–Crippen LogP) is 14.7. The quantitative estimate of drug-likeness (QED) is 0.0643. The Balaban J connectivity index is 1.71. The molecule has 0 saturated heterocycles. The van der Waals surface area contributed by atoms with Crippen LogP contribution in [0.3, 0.4) is 0 Å². The summed E-state index contributed by atoms with van der Waals surface area (Å²) in [5.41, 5.74) is 24.7. The van der Waals surface area contributed by atoms with Crippen molar-refractivity contribution in [3.8, 4) is 11.8 Å². The van der Waals surface area contributed by atoms with E-state index in [9.17, 15) is 5.53 Å². The van der Waals surface area contributed by atoms with Gasteiger partial charge >= 0.3 is 0 Å². The number of aryl methyl sites for hydroxylation is 4. The van der Waals surface area contributed by atoms with Gasteiger partial charge in [0.1, 0.15) is 5.57 Å². The van der Waals surface area contributed by atoms with Gasteiger partial charge in [-0.2, -0.15) is 0 Å². The molecule has 1 heterocycles. The van der Waals surface area contributed by atoms with E-state index in [4.69, 9.17) is 0 Å². The van der Waals surface area contributed by atoms with Crippen molar-refractivity contribution in [2.24, 2.45) is 0 Å². The van der Waals surface area contributed by atoms with Crippen molar-refractivity contribution in [1.82, 2.24) is 0 Å². The molecule has 0 fully saturated rings. The van der Waals surface area contributed by atoms with Crippen molar-refractivity contribution >= 4 is 11.4 Å². The molecule has 2 aromatic rings. The summed E-state index contributed by atoms with van der Waals surface area (Å²) in [6.45, 7) is 15.7. The predicted molar refractivity (Wildman–Crippen MR) is 215 cm³/mol. The van der Waals surface area contributed by atoms with Crippen molar-refractivity contribution in [1.29, 1.82) is 0 Å². The van der Waals surface area contributed by atoms with Crippen molar-refractivity contribution in [3.05, 3.63) is 86.0 Å². The van der Waals surface area contributed by atoms with E-state index in [0.29, 0.717) is 0 Å². The van der Waals surface area contributed by atoms with E-state index in [-0.39, 0.29) is 0 Å². The summed E-state index contributed by atoms with van der Waals surface area (Å²) in [5.74, 6) is 7.03. The van der Waals surface area contributed by atoms with Crippen molar-refractivity contribution in [2.45, 2.75) is 190 Å². The first-order chi connectivity index (χ1) is 23.8. The van der Waals surface area contributed by atoms with E-state index in [2.05, 4.69) is 90.6 Å². The van der Waals surface area contributed by atoms with Crippen LogP contribution in [0.4, 0.5) is 0 Å². The monoisotopic (exact) mass is 663 g/mol. The lowest BCUT2D eigenvalue weighted by Crippen LogP contribution is -2.05. The zero-order valence-electron chi connectivity index (χ0n) is 32.8. The first-order valence-electron chi connectivity index (χ1n) is 20.5. The minimum atomic E-state index is 0.821. The number of nitrogens with zero attached hydrogens (tertiary/aromatic N) is 2. The zero-order valence-corrected chi connectivity index (χ0v) is 32.8. The lowest BCUT2D eigenvalue weighted by molar-refractivity contribution is -0.344. The molecule has 1 aliphatic rings. The summed E-state index contributed by atoms with van der Waals surface area (Å²) in [6, 6.07) is 9.06. The molecule has 2 heteroatoms. The van der Waals surface area contributed by atoms with Crippen LogP contribution < -0.4 is 0 Å². The molecule has 1 aliphatic heterocycles. The average molecular weight is 663 g/mol. The maximum Gasteiger partial charge on any atom is 0.223 e. The van der Waals surface area contributed by atoms with Gasteiger partial charge in [-0.05, 0) is 117 Å². The molecule has 0 spiro atoms. The van der Waals surface area contributed by atoms with E-state index < -0.39 is 0 Å². The molecule has 2 nitrogen and oxygen atoms in total. The Bertz CT molecular complexity index is 1410. The minimum absolute atomic E-state index is 0.821. The van der Waals surface area contributed by atoms with Gasteiger partial charge in [0, 0.05) is 23.6 Å². The SMILES string of the molecule is CCCCCCCCCCCCCCCC#CC1=C(c2cc(C)c(CCCCC)c(C)c2)[N+](=[N-])C(c2cc(C)c(CCCCC)c(C)c2)=C1. The van der Waals surface area contributed by atoms with Gasteiger partial charge in [0.25, 0.3) is 0 Å². The number of benzene rings is 2. The Kier molecular flexibility index (Phi) is 18.8. The van der Waals surface area contributed by atoms with Crippen molar-refractivity contribution in [2.75, 3.05) is 0 Å². The highest BCUT2D eigenvalue weighted by Crippen LogP contribution is 2.37. The maximum atomic E-state index is 11.8. The average Bonchev–Trinajstić information content (AvgIpc) is 3.40. The van der Waals surface area contributed by atoms with Gasteiger partial charge in [-0.15, -0.1) is 0 Å². The lowest BCUT2D eigenvalue weighted by Gasteiger charge is -2.15. The van der Waals surface area contributed by atoms with E-state index in [1.54, 1.807) is 0 Å². The number of allylic oxidation sites excluding steroid dienone is 2. The molecule has 0 radical (unpaired) electrons. The highest BCUT2D eigenvalue weighted by molar-refractivity contribution is 5.82. The third kappa shape index (κ3) is 13.0. The van der Waals surface area contributed by atoms with Gasteiger partial charge in [0.15, 0.2) is 0 Å². The Hall–Kier alpha value is -2.92. The first kappa shape index (κ1) is 40.5. The van der Waals surface area contributed by atoms with Crippen molar-refractivity contribution in [3.63, 3.8) is 0 Å². The molecule has 0 bridgehead atoms. The standard InChI is InChI=1S/C47H70N2/c1-8-11-14-15-16-17-18-19-20-21-22-23-24-25-28-29-41-36-46(42-32-37(4)44(38(5)33-42)30-26-12-9-2)49(48)47(41)43-34-39(6)45(40(7)35-43)31-27-13-10-3/h32-36H,8-27,30-31H2,1-7H3. The van der Waals surface area contributed by atoms with Gasteiger partial charge < -0.3 is 5.53 Å². The Morgan fingerprint density at radius 3 is 1.35 bits per heavy atom. The number of hydrogen-bond donors (Lipinski definition) is 0. The number of rotatable bonds is 23. The number of hydrogen-bond acceptors (Lipinski definition) is 0. The van der Waals surface area contributed by atoms with Crippen LogP contribution in [0, 0.1) is 39.5 Å². The van der Waals surface area contributed by atoms with Crippen LogP contribution >= 0.6 is 0 Å². The molecule has 0 unspecified atom stereocenters. The fourth-order valence-corrected chi connectivity index (χ4v) is 7.63. The fourth-order valence-electron chi connectivity index (χ4n) is 7.63. The lowest BCUT2D eigenvalue weighted by atomic mass is 9.93. The van der Waals surface area contributed by atoms with Crippen LogP contribution in [0.1, 0.15) is 194 Å². The summed E-state index contributed by atoms with van der Waals surface area (Å²) in [7, 11) is 0. The van der Waals surface area contributed by atoms with Gasteiger partial charge in [0.05, 0.1) is 0 Å². The second-order valence-electron chi connectivity index (χ2n) is 15.0. The molecular formula is C47H70N2. The maximum absolute atomic E-state index is 11.8. The van der Waals surface area contributed by atoms with E-state index in [0.717, 1.165) is 53.8 Å². The Morgan fingerprint density at radius 1 is 0.510 bits per heavy atom. The van der Waals surface area contributed by atoms with Crippen molar-refractivity contribution < 1.29 is 4.70 Å². The summed E-state index contributed by atoms with van der Waals surface area (Å²) in [5, 5.41) is 0. The third-order valence-corrected chi connectivity index (χ3v) is 10.6. The minimum Gasteiger partial charge on any atom is -0.493 e. The van der Waals surface area contributed by atoms with Gasteiger partial charge in [-0.25, -0.2) is 4.70 Å². The van der Waals surface area contributed by atoms with Gasteiger partial charge in [-0.3, -0.25) is 0 Å². The highest BCUT2D eigenvalue weighted by atomic mass is 15.2. The van der Waals surface area contributed by atoms with Crippen LogP contribution in [0.5, 0.6) is 0 Å². The third-order valence-electron chi connectivity index (χ3n) is 10.6. The summed E-state index contributed by atoms with van der Waals surface area (Å²) in [6.07, 6.45) is 30.4. The largest absolute Gasteiger partial charge is 0.493 e. The molecule has 0 aromatic heterocycles. The normalized spacial score (nSPS) is 12.9. The molecule has 0 amide bonds. The van der Waals surface area contributed by atoms with Gasteiger partial charge in [-0.1, -0.05) is 135 Å². The molecule has 2 aromatic carbocycles. The Labute approximate surface area is 302 Å². The summed E-state index contributed by atoms with van der Waals surface area (Å²) < 4.78 is 1.42. The molecule has 0 aliphatic carbocycles. The van der Waals surface area contributed by atoms with Crippen LogP contribution in [0.15, 0.2) is 35.9 Å². The van der Waals surface area contributed by atoms with E-state index in [1.807, 2.05) is 0 Å². The molecular weight excluding hydrogens is 593 g/mol. The molecule has 268 valence electrons. The molecule has 0 saturated carbocycles. The fraction of sp³-hybridized carbons (Fsp3) is 0.617. The molecule has 3 rings (SSSR count). The van der Waals surface area contributed by atoms with Crippen LogP contribution in [-0.2, 0) is 12.8 Å². The van der Waals surface area contributed by atoms with Crippen LogP contribution in [0.25, 0.3) is 16.9 Å². The van der Waals surface area contributed by atoms with Crippen LogP contribution in [-0.4, -0.2) is 4.70 Å². The highest BCUT2D eigenvalue weighted by Gasteiger charge is 2.29. The van der Waals surface area contributed by atoms with E-state index >= 15 is 0 Å². The smallest absolute Gasteiger partial charge is 0.223 e.